The molecular weight excluding hydrogens is 393 g/mol. The average Bonchev–Trinajstić information content (AvgIpc) is 2.59. The predicted octanol–water partition coefficient (Wildman–Crippen LogP) is 1.23. The Morgan fingerprint density at radius 3 is 2.25 bits per heavy atom. The van der Waals surface area contributed by atoms with Gasteiger partial charge in [-0.25, -0.2) is 22.4 Å². The van der Waals surface area contributed by atoms with Crippen molar-refractivity contribution in [1.29, 1.82) is 0 Å². The summed E-state index contributed by atoms with van der Waals surface area (Å²) in [4.78, 5) is 34.9. The molecule has 0 unspecified atom stereocenters. The summed E-state index contributed by atoms with van der Waals surface area (Å²) in [6, 6.07) is 1.60. The quantitative estimate of drug-likeness (QED) is 0.611. The molecule has 1 rings (SSSR count). The van der Waals surface area contributed by atoms with Crippen LogP contribution in [0.1, 0.15) is 38.1 Å². The first kappa shape index (κ1) is 23.5. The third kappa shape index (κ3) is 5.49. The molecule has 0 aliphatic carbocycles. The summed E-state index contributed by atoms with van der Waals surface area (Å²) < 4.78 is 45.5. The lowest BCUT2D eigenvalue weighted by molar-refractivity contribution is -0.130. The molecule has 0 aliphatic heterocycles. The molecule has 11 heteroatoms. The summed E-state index contributed by atoms with van der Waals surface area (Å²) in [7, 11) is -3.93. The first-order chi connectivity index (χ1) is 12.9. The highest BCUT2D eigenvalue weighted by Gasteiger charge is 2.30. The third-order valence-electron chi connectivity index (χ3n) is 3.85. The van der Waals surface area contributed by atoms with Gasteiger partial charge in [-0.05, 0) is 24.1 Å². The number of carbonyl (C=O) groups is 3. The molecule has 0 aromatic heterocycles. The van der Waals surface area contributed by atoms with Crippen LogP contribution in [0.5, 0.6) is 0 Å². The molecule has 1 atom stereocenters. The van der Waals surface area contributed by atoms with E-state index >= 15 is 0 Å². The van der Waals surface area contributed by atoms with Crippen molar-refractivity contribution in [2.24, 2.45) is 11.7 Å². The Morgan fingerprint density at radius 2 is 1.79 bits per heavy atom. The van der Waals surface area contributed by atoms with E-state index < -0.39 is 51.3 Å². The normalized spacial score (nSPS) is 12.7. The molecule has 0 bridgehead atoms. The van der Waals surface area contributed by atoms with Crippen molar-refractivity contribution in [3.8, 4) is 0 Å². The monoisotopic (exact) mass is 417 g/mol. The van der Waals surface area contributed by atoms with E-state index in [2.05, 4.69) is 0 Å². The van der Waals surface area contributed by atoms with Gasteiger partial charge >= 0.3 is 12.0 Å². The van der Waals surface area contributed by atoms with Gasteiger partial charge in [0, 0.05) is 13.1 Å². The lowest BCUT2D eigenvalue weighted by atomic mass is 10.1. The summed E-state index contributed by atoms with van der Waals surface area (Å²) in [6.45, 7) is 6.75. The van der Waals surface area contributed by atoms with E-state index in [0.717, 1.165) is 22.5 Å². The number of imide groups is 1. The molecule has 156 valence electrons. The van der Waals surface area contributed by atoms with Gasteiger partial charge in [-0.2, -0.15) is 4.31 Å². The van der Waals surface area contributed by atoms with Gasteiger partial charge in [-0.15, -0.1) is 0 Å². The molecule has 0 saturated carbocycles. The van der Waals surface area contributed by atoms with E-state index in [1.807, 2.05) is 0 Å². The number of rotatable bonds is 8. The van der Waals surface area contributed by atoms with Crippen molar-refractivity contribution < 1.29 is 31.9 Å². The molecule has 0 fully saturated rings. The number of nitrogens with one attached hydrogen (secondary N) is 1. The molecule has 0 heterocycles. The number of halogens is 1. The van der Waals surface area contributed by atoms with Crippen LogP contribution in [0, 0.1) is 11.7 Å². The summed E-state index contributed by atoms with van der Waals surface area (Å²) in [5.41, 5.74) is 4.23. The molecule has 3 amide bonds. The van der Waals surface area contributed by atoms with Gasteiger partial charge in [-0.1, -0.05) is 27.7 Å². The predicted molar refractivity (Wildman–Crippen MR) is 98.3 cm³/mol. The first-order valence-corrected chi connectivity index (χ1v) is 10.0. The maximum atomic E-state index is 14.2. The van der Waals surface area contributed by atoms with Gasteiger partial charge in [0.15, 0.2) is 6.10 Å². The number of benzene rings is 1. The third-order valence-corrected chi connectivity index (χ3v) is 5.89. The maximum Gasteiger partial charge on any atom is 0.341 e. The van der Waals surface area contributed by atoms with E-state index in [-0.39, 0.29) is 18.0 Å². The number of urea groups is 1. The Balaban J connectivity index is 3.24. The molecular formula is C17H24FN3O6S. The fraction of sp³-hybridized carbons (Fsp3) is 0.471. The van der Waals surface area contributed by atoms with Gasteiger partial charge in [-0.3, -0.25) is 10.1 Å². The van der Waals surface area contributed by atoms with E-state index in [1.165, 1.54) is 13.8 Å². The summed E-state index contributed by atoms with van der Waals surface area (Å²) >= 11 is 0. The summed E-state index contributed by atoms with van der Waals surface area (Å²) in [5, 5.41) is 1.79. The minimum Gasteiger partial charge on any atom is -0.448 e. The molecule has 1 aromatic carbocycles. The number of primary amides is 1. The highest BCUT2D eigenvalue weighted by atomic mass is 32.2. The minimum atomic E-state index is -3.93. The number of nitrogens with two attached hydrogens (primary N) is 1. The van der Waals surface area contributed by atoms with Crippen molar-refractivity contribution in [1.82, 2.24) is 9.62 Å². The molecule has 3 N–H and O–H groups in total. The number of ether oxygens (including phenoxy) is 1. The van der Waals surface area contributed by atoms with Gasteiger partial charge < -0.3 is 10.5 Å². The van der Waals surface area contributed by atoms with Crippen LogP contribution in [-0.2, 0) is 19.6 Å². The van der Waals surface area contributed by atoms with Crippen molar-refractivity contribution in [2.75, 3.05) is 13.1 Å². The number of carbonyl (C=O) groups excluding carboxylic acids is 3. The Kier molecular flexibility index (Phi) is 8.06. The van der Waals surface area contributed by atoms with E-state index in [9.17, 15) is 27.2 Å². The fourth-order valence-corrected chi connectivity index (χ4v) is 3.88. The lowest BCUT2D eigenvalue weighted by Gasteiger charge is -2.21. The van der Waals surface area contributed by atoms with Gasteiger partial charge in [0.25, 0.3) is 5.91 Å². The second kappa shape index (κ2) is 9.60. The Hall–Kier alpha value is -2.53. The first-order valence-electron chi connectivity index (χ1n) is 8.56. The second-order valence-corrected chi connectivity index (χ2v) is 8.09. The highest BCUT2D eigenvalue weighted by Crippen LogP contribution is 2.21. The standard InChI is InChI=1S/C17H24FN3O6S/c1-5-21(6-2)28(25,26)11-7-8-13(18)12(9-11)16(23)27-14(10(3)4)15(22)20-17(19)24/h7-10,14H,5-6H2,1-4H3,(H3,19,20,22,24)/t14-/m0/s1. The number of hydrogen-bond acceptors (Lipinski definition) is 6. The molecule has 0 saturated heterocycles. The number of esters is 1. The van der Waals surface area contributed by atoms with Gasteiger partial charge in [0.2, 0.25) is 10.0 Å². The molecule has 0 aliphatic rings. The zero-order chi connectivity index (χ0) is 21.6. The number of nitrogens with zero attached hydrogens (tertiary/aromatic N) is 1. The zero-order valence-electron chi connectivity index (χ0n) is 16.1. The number of sulfonamides is 1. The smallest absolute Gasteiger partial charge is 0.341 e. The second-order valence-electron chi connectivity index (χ2n) is 6.15. The van der Waals surface area contributed by atoms with Crippen LogP contribution in [0.3, 0.4) is 0 Å². The molecule has 9 nitrogen and oxygen atoms in total. The van der Waals surface area contributed by atoms with E-state index in [0.29, 0.717) is 0 Å². The van der Waals surface area contributed by atoms with Crippen LogP contribution in [0.25, 0.3) is 0 Å². The van der Waals surface area contributed by atoms with Crippen LogP contribution in [-0.4, -0.2) is 49.8 Å². The topological polar surface area (TPSA) is 136 Å². The largest absolute Gasteiger partial charge is 0.448 e. The minimum absolute atomic E-state index is 0.193. The molecule has 0 radical (unpaired) electrons. The van der Waals surface area contributed by atoms with E-state index in [1.54, 1.807) is 19.2 Å². The van der Waals surface area contributed by atoms with Crippen molar-refractivity contribution in [2.45, 2.75) is 38.7 Å². The summed E-state index contributed by atoms with van der Waals surface area (Å²) in [6.07, 6.45) is -1.43. The Labute approximate surface area is 163 Å². The zero-order valence-corrected chi connectivity index (χ0v) is 16.9. The van der Waals surface area contributed by atoms with Crippen molar-refractivity contribution in [3.63, 3.8) is 0 Å². The van der Waals surface area contributed by atoms with Crippen molar-refractivity contribution in [3.05, 3.63) is 29.6 Å². The fourth-order valence-electron chi connectivity index (χ4n) is 2.40. The van der Waals surface area contributed by atoms with Crippen LogP contribution in [0.15, 0.2) is 23.1 Å². The number of amides is 3. The lowest BCUT2D eigenvalue weighted by Crippen LogP contribution is -2.45. The molecule has 28 heavy (non-hydrogen) atoms. The summed E-state index contributed by atoms with van der Waals surface area (Å²) in [5.74, 6) is -3.79. The van der Waals surface area contributed by atoms with Crippen LogP contribution >= 0.6 is 0 Å². The SMILES string of the molecule is CCN(CC)S(=O)(=O)c1ccc(F)c(C(=O)O[C@H](C(=O)NC(N)=O)C(C)C)c1. The van der Waals surface area contributed by atoms with Gasteiger partial charge in [0.1, 0.15) is 5.82 Å². The Bertz CT molecular complexity index is 852. The maximum absolute atomic E-state index is 14.2. The van der Waals surface area contributed by atoms with Gasteiger partial charge in [0.05, 0.1) is 10.5 Å². The average molecular weight is 417 g/mol. The molecule has 1 aromatic rings. The van der Waals surface area contributed by atoms with Crippen LogP contribution in [0.2, 0.25) is 0 Å². The highest BCUT2D eigenvalue weighted by molar-refractivity contribution is 7.89. The van der Waals surface area contributed by atoms with E-state index in [4.69, 9.17) is 10.5 Å². The number of hydrogen-bond donors (Lipinski definition) is 2. The molecule has 0 spiro atoms. The van der Waals surface area contributed by atoms with Crippen molar-refractivity contribution >= 4 is 27.9 Å². The van der Waals surface area contributed by atoms with Crippen LogP contribution < -0.4 is 11.1 Å². The van der Waals surface area contributed by atoms with Crippen LogP contribution in [0.4, 0.5) is 9.18 Å². The Morgan fingerprint density at radius 1 is 1.21 bits per heavy atom.